The molecule has 0 bridgehead atoms. The minimum atomic E-state index is -5.64. The Bertz CT molecular complexity index is 824. The molecular formula is C12H14Cl3O4P. The minimum absolute atomic E-state index is 0.104. The van der Waals surface area contributed by atoms with Gasteiger partial charge in [-0.15, -0.1) is 0 Å². The van der Waals surface area contributed by atoms with E-state index < -0.39 is 40.4 Å². The fourth-order valence-electron chi connectivity index (χ4n) is 1.11. The Morgan fingerprint density at radius 2 is 2.05 bits per heavy atom. The Kier molecular flexibility index (Phi) is 3.26. The predicted octanol–water partition coefficient (Wildman–Crippen LogP) is 5.73. The Morgan fingerprint density at radius 1 is 1.40 bits per heavy atom. The molecule has 0 aliphatic carbocycles. The molecular weight excluding hydrogens is 345 g/mol. The van der Waals surface area contributed by atoms with Crippen LogP contribution in [0.15, 0.2) is 23.7 Å². The molecule has 112 valence electrons. The zero-order chi connectivity index (χ0) is 23.8. The number of rotatable bonds is 7. The summed E-state index contributed by atoms with van der Waals surface area (Å²) < 4.78 is 99.3. The Hall–Kier alpha value is -0.220. The van der Waals surface area contributed by atoms with Crippen LogP contribution in [0.1, 0.15) is 33.0 Å². The van der Waals surface area contributed by atoms with E-state index in [1.165, 1.54) is 18.2 Å². The van der Waals surface area contributed by atoms with Gasteiger partial charge in [-0.05, 0) is 31.9 Å². The molecule has 0 aliphatic rings. The zero-order valence-electron chi connectivity index (χ0n) is 19.5. The van der Waals surface area contributed by atoms with Crippen molar-refractivity contribution in [3.05, 3.63) is 39.3 Å². The number of halogens is 3. The molecule has 0 aliphatic heterocycles. The van der Waals surface area contributed by atoms with Gasteiger partial charge in [0, 0.05) is 24.3 Å². The first kappa shape index (κ1) is 7.87. The summed E-state index contributed by atoms with van der Waals surface area (Å²) in [6.07, 6.45) is 0. The van der Waals surface area contributed by atoms with Crippen LogP contribution in [0, 0.1) is 0 Å². The van der Waals surface area contributed by atoms with E-state index >= 15 is 0 Å². The summed E-state index contributed by atoms with van der Waals surface area (Å²) >= 11 is 17.4. The van der Waals surface area contributed by atoms with Crippen LogP contribution in [0.5, 0.6) is 0 Å². The number of hydrogen-bond acceptors (Lipinski definition) is 4. The van der Waals surface area contributed by atoms with E-state index in [0.29, 0.717) is 5.54 Å². The average Bonchev–Trinajstić information content (AvgIpc) is 2.49. The second kappa shape index (κ2) is 8.28. The lowest BCUT2D eigenvalue weighted by Crippen LogP contribution is -2.00. The molecule has 0 saturated carbocycles. The second-order valence-corrected chi connectivity index (χ2v) is 5.53. The molecule has 0 fully saturated rings. The van der Waals surface area contributed by atoms with Crippen LogP contribution in [0.2, 0.25) is 10.0 Å². The van der Waals surface area contributed by atoms with Crippen molar-refractivity contribution >= 4 is 48.4 Å². The maximum absolute atomic E-state index is 13.0. The van der Waals surface area contributed by atoms with E-state index in [4.69, 9.17) is 53.0 Å². The van der Waals surface area contributed by atoms with E-state index in [1.54, 1.807) is 0 Å². The first-order valence-corrected chi connectivity index (χ1v) is 7.37. The van der Waals surface area contributed by atoms with Crippen molar-refractivity contribution < 1.29 is 31.8 Å². The normalized spacial score (nSPS) is 22.6. The Labute approximate surface area is 147 Å². The van der Waals surface area contributed by atoms with Crippen LogP contribution >= 0.6 is 42.6 Å². The predicted molar refractivity (Wildman–Crippen MR) is 82.2 cm³/mol. The van der Waals surface area contributed by atoms with Gasteiger partial charge in [0.15, 0.2) is 5.76 Å². The van der Waals surface area contributed by atoms with E-state index in [9.17, 15) is 4.57 Å². The monoisotopic (exact) mass is 368 g/mol. The lowest BCUT2D eigenvalue weighted by Gasteiger charge is -2.19. The topological polar surface area (TPSA) is 44.8 Å². The molecule has 0 aromatic heterocycles. The number of hydrogen-bond donors (Lipinski definition) is 0. The summed E-state index contributed by atoms with van der Waals surface area (Å²) in [4.78, 5) is 0. The van der Waals surface area contributed by atoms with Crippen molar-refractivity contribution in [3.8, 4) is 0 Å². The van der Waals surface area contributed by atoms with Gasteiger partial charge in [-0.1, -0.05) is 34.8 Å². The van der Waals surface area contributed by atoms with Crippen LogP contribution in [0.25, 0.3) is 5.76 Å². The van der Waals surface area contributed by atoms with Crippen LogP contribution in [0.3, 0.4) is 0 Å². The molecule has 0 saturated heterocycles. The molecule has 0 N–H and O–H groups in total. The van der Waals surface area contributed by atoms with Crippen molar-refractivity contribution in [2.75, 3.05) is 13.1 Å². The summed E-state index contributed by atoms with van der Waals surface area (Å²) in [6, 6.07) is 3.75. The zero-order valence-corrected chi connectivity index (χ0v) is 12.7. The van der Waals surface area contributed by atoms with Gasteiger partial charge in [0.2, 0.25) is 0 Å². The second-order valence-electron chi connectivity index (χ2n) is 3.02. The van der Waals surface area contributed by atoms with Gasteiger partial charge in [-0.25, -0.2) is 4.57 Å². The summed E-state index contributed by atoms with van der Waals surface area (Å²) in [6.45, 7) is -14.5. The first-order valence-electron chi connectivity index (χ1n) is 9.72. The largest absolute Gasteiger partial charge is 0.530 e. The van der Waals surface area contributed by atoms with Crippen molar-refractivity contribution in [1.29, 1.82) is 0 Å². The third-order valence-electron chi connectivity index (χ3n) is 1.82. The highest BCUT2D eigenvalue weighted by atomic mass is 35.5. The van der Waals surface area contributed by atoms with E-state index in [0.717, 1.165) is 0 Å². The van der Waals surface area contributed by atoms with Gasteiger partial charge in [0.1, 0.15) is 0 Å². The molecule has 8 heteroatoms. The van der Waals surface area contributed by atoms with Crippen molar-refractivity contribution in [2.24, 2.45) is 0 Å². The van der Waals surface area contributed by atoms with Gasteiger partial charge in [-0.3, -0.25) is 9.05 Å². The van der Waals surface area contributed by atoms with E-state index in [-0.39, 0.29) is 15.6 Å². The van der Waals surface area contributed by atoms with Gasteiger partial charge < -0.3 is 4.52 Å². The van der Waals surface area contributed by atoms with Crippen molar-refractivity contribution in [3.63, 3.8) is 0 Å². The molecule has 1 aromatic rings. The highest BCUT2D eigenvalue weighted by Gasteiger charge is 2.29. The Balaban J connectivity index is 3.47. The molecule has 20 heavy (non-hydrogen) atoms. The number of benzene rings is 1. The molecule has 1 aromatic carbocycles. The van der Waals surface area contributed by atoms with Crippen LogP contribution < -0.4 is 0 Å². The summed E-state index contributed by atoms with van der Waals surface area (Å²) in [5.74, 6) is -0.635. The van der Waals surface area contributed by atoms with Crippen molar-refractivity contribution in [1.82, 2.24) is 0 Å². The number of phosphoric acid groups is 1. The molecule has 4 nitrogen and oxygen atoms in total. The highest BCUT2D eigenvalue weighted by Crippen LogP contribution is 2.53. The molecule has 0 amide bonds. The van der Waals surface area contributed by atoms with Gasteiger partial charge in [-0.2, -0.15) is 0 Å². The fraction of sp³-hybridized carbons (Fsp3) is 0.333. The maximum Gasteiger partial charge on any atom is 0.530 e. The minimum Gasteiger partial charge on any atom is -0.402 e. The third kappa shape index (κ3) is 4.96. The SMILES string of the molecule is [2H]C([2H])([2H])C([2H])([2H])OP(=O)(OC(=CCl)c1ccc(Cl)cc1Cl)OC([2H])([2H])C([2H])([2H])[2H]. The molecule has 0 atom stereocenters. The summed E-state index contributed by atoms with van der Waals surface area (Å²) in [5.41, 5.74) is 0.525. The summed E-state index contributed by atoms with van der Waals surface area (Å²) in [5, 5.41) is 0.0736. The smallest absolute Gasteiger partial charge is 0.402 e. The van der Waals surface area contributed by atoms with Crippen LogP contribution in [0.4, 0.5) is 0 Å². The van der Waals surface area contributed by atoms with Crippen LogP contribution in [-0.4, -0.2) is 13.1 Å². The van der Waals surface area contributed by atoms with Gasteiger partial charge in [0.25, 0.3) is 0 Å². The highest BCUT2D eigenvalue weighted by molar-refractivity contribution is 7.48. The number of phosphoric ester groups is 1. The molecule has 0 radical (unpaired) electrons. The van der Waals surface area contributed by atoms with Crippen LogP contribution in [-0.2, 0) is 18.1 Å². The first-order chi connectivity index (χ1) is 13.2. The standard InChI is InChI=1S/C12H14Cl3O4P/c1-3-17-20(16,18-4-2)19-12(8-13)10-6-5-9(14)7-11(10)15/h5-8H,3-4H2,1-2H3/i1D3,2D3,3D2,4D2. The van der Waals surface area contributed by atoms with E-state index in [2.05, 4.69) is 9.05 Å². The lowest BCUT2D eigenvalue weighted by molar-refractivity contribution is 0.159. The fourth-order valence-corrected chi connectivity index (χ4v) is 2.56. The molecule has 1 rings (SSSR count). The Morgan fingerprint density at radius 3 is 2.55 bits per heavy atom. The van der Waals surface area contributed by atoms with Gasteiger partial charge in [0.05, 0.1) is 23.6 Å². The summed E-state index contributed by atoms with van der Waals surface area (Å²) in [7, 11) is -5.64. The maximum atomic E-state index is 13.0. The quantitative estimate of drug-likeness (QED) is 0.455. The third-order valence-corrected chi connectivity index (χ3v) is 3.62. The molecule has 0 spiro atoms. The van der Waals surface area contributed by atoms with Crippen molar-refractivity contribution in [2.45, 2.75) is 13.7 Å². The average molecular weight is 370 g/mol. The van der Waals surface area contributed by atoms with E-state index in [1.807, 2.05) is 0 Å². The van der Waals surface area contributed by atoms with Gasteiger partial charge >= 0.3 is 7.82 Å². The molecule has 0 unspecified atom stereocenters. The lowest BCUT2D eigenvalue weighted by atomic mass is 10.2. The molecule has 0 heterocycles.